The number of aryl methyl sites for hydroxylation is 3. The molecule has 6 nitrogen and oxygen atoms in total. The summed E-state index contributed by atoms with van der Waals surface area (Å²) in [5.74, 6) is 0.659. The number of carbonyl (C=O) groups is 2. The lowest BCUT2D eigenvalue weighted by Crippen LogP contribution is -2.14. The van der Waals surface area contributed by atoms with Gasteiger partial charge in [0.1, 0.15) is 12.4 Å². The van der Waals surface area contributed by atoms with E-state index in [-0.39, 0.29) is 12.4 Å². The Balaban J connectivity index is 1.77. The van der Waals surface area contributed by atoms with Crippen LogP contribution >= 0.6 is 0 Å². The van der Waals surface area contributed by atoms with Gasteiger partial charge in [0.05, 0.1) is 0 Å². The second kappa shape index (κ2) is 9.01. The van der Waals surface area contributed by atoms with Gasteiger partial charge in [-0.15, -0.1) is 0 Å². The first kappa shape index (κ1) is 18.7. The molecule has 2 aromatic rings. The van der Waals surface area contributed by atoms with Crippen molar-refractivity contribution in [1.82, 2.24) is 9.78 Å². The van der Waals surface area contributed by atoms with E-state index < -0.39 is 6.09 Å². The summed E-state index contributed by atoms with van der Waals surface area (Å²) in [5.41, 5.74) is 3.22. The molecule has 0 aliphatic rings. The summed E-state index contributed by atoms with van der Waals surface area (Å²) in [6.45, 7) is 6.53. The molecule has 1 heterocycles. The number of ether oxygens (including phenoxy) is 1. The van der Waals surface area contributed by atoms with Gasteiger partial charge in [-0.1, -0.05) is 23.8 Å². The Bertz CT molecular complexity index is 737. The summed E-state index contributed by atoms with van der Waals surface area (Å²) >= 11 is 0. The monoisotopic (exact) mass is 343 g/mol. The third-order valence-corrected chi connectivity index (χ3v) is 3.90. The predicted octanol–water partition coefficient (Wildman–Crippen LogP) is 4.01. The molecule has 1 aromatic carbocycles. The molecule has 1 amide bonds. The number of ketones is 1. The number of rotatable bonds is 8. The van der Waals surface area contributed by atoms with E-state index in [2.05, 4.69) is 10.4 Å². The molecule has 0 bridgehead atoms. The maximum absolute atomic E-state index is 11.9. The van der Waals surface area contributed by atoms with Crippen molar-refractivity contribution >= 4 is 17.7 Å². The van der Waals surface area contributed by atoms with Gasteiger partial charge in [-0.2, -0.15) is 5.10 Å². The van der Waals surface area contributed by atoms with E-state index in [9.17, 15) is 9.59 Å². The van der Waals surface area contributed by atoms with Gasteiger partial charge in [-0.25, -0.2) is 4.79 Å². The molecule has 0 saturated carbocycles. The molecule has 0 radical (unpaired) electrons. The van der Waals surface area contributed by atoms with Crippen LogP contribution < -0.4 is 5.32 Å². The Kier molecular flexibility index (Phi) is 6.74. The number of carbonyl (C=O) groups excluding carboxylic acids is 2. The zero-order chi connectivity index (χ0) is 18.2. The Morgan fingerprint density at radius 2 is 2.00 bits per heavy atom. The molecule has 0 spiro atoms. The van der Waals surface area contributed by atoms with E-state index in [4.69, 9.17) is 4.74 Å². The standard InChI is InChI=1S/C19H25N3O3/c1-14-7-8-15(2)17(12-14)13-25-19(24)20-18-9-11-22(21-18)10-5-4-6-16(3)23/h7-9,11-12H,4-6,10,13H2,1-3H3,(H,20,21,24). The van der Waals surface area contributed by atoms with Gasteiger partial charge in [-0.3, -0.25) is 10.00 Å². The van der Waals surface area contributed by atoms with Gasteiger partial charge >= 0.3 is 6.09 Å². The summed E-state index contributed by atoms with van der Waals surface area (Å²) in [7, 11) is 0. The maximum Gasteiger partial charge on any atom is 0.413 e. The SMILES string of the molecule is CC(=O)CCCCn1ccc(NC(=O)OCc2cc(C)ccc2C)n1. The molecule has 1 aromatic heterocycles. The fraction of sp³-hybridized carbons (Fsp3) is 0.421. The third kappa shape index (κ3) is 6.41. The van der Waals surface area contributed by atoms with Gasteiger partial charge in [0, 0.05) is 25.2 Å². The Hall–Kier alpha value is -2.63. The number of unbranched alkanes of at least 4 members (excludes halogenated alkanes) is 1. The van der Waals surface area contributed by atoms with Crippen molar-refractivity contribution in [1.29, 1.82) is 0 Å². The minimum Gasteiger partial charge on any atom is -0.444 e. The van der Waals surface area contributed by atoms with Crippen LogP contribution in [0.2, 0.25) is 0 Å². The van der Waals surface area contributed by atoms with Crippen molar-refractivity contribution in [2.24, 2.45) is 0 Å². The summed E-state index contributed by atoms with van der Waals surface area (Å²) in [6, 6.07) is 7.78. The van der Waals surface area contributed by atoms with E-state index >= 15 is 0 Å². The van der Waals surface area contributed by atoms with E-state index in [0.717, 1.165) is 29.5 Å². The Morgan fingerprint density at radius 1 is 1.20 bits per heavy atom. The van der Waals surface area contributed by atoms with E-state index in [1.54, 1.807) is 23.9 Å². The Morgan fingerprint density at radius 3 is 2.76 bits per heavy atom. The van der Waals surface area contributed by atoms with Crippen LogP contribution in [0.15, 0.2) is 30.5 Å². The quantitative estimate of drug-likeness (QED) is 0.735. The van der Waals surface area contributed by atoms with Crippen LogP contribution in [-0.4, -0.2) is 21.7 Å². The molecule has 0 fully saturated rings. The van der Waals surface area contributed by atoms with Crippen LogP contribution in [0, 0.1) is 13.8 Å². The molecule has 1 N–H and O–H groups in total. The lowest BCUT2D eigenvalue weighted by Gasteiger charge is -2.08. The van der Waals surface area contributed by atoms with Crippen LogP contribution in [0.3, 0.4) is 0 Å². The average Bonchev–Trinajstić information content (AvgIpc) is 2.99. The zero-order valence-corrected chi connectivity index (χ0v) is 15.0. The van der Waals surface area contributed by atoms with Crippen molar-refractivity contribution in [2.75, 3.05) is 5.32 Å². The largest absolute Gasteiger partial charge is 0.444 e. The number of hydrogen-bond donors (Lipinski definition) is 1. The van der Waals surface area contributed by atoms with Crippen molar-refractivity contribution in [3.63, 3.8) is 0 Å². The number of nitrogens with one attached hydrogen (secondary N) is 1. The highest BCUT2D eigenvalue weighted by Crippen LogP contribution is 2.12. The molecule has 0 atom stereocenters. The first-order valence-corrected chi connectivity index (χ1v) is 8.47. The first-order chi connectivity index (χ1) is 11.9. The summed E-state index contributed by atoms with van der Waals surface area (Å²) in [4.78, 5) is 22.8. The second-order valence-electron chi connectivity index (χ2n) is 6.25. The Labute approximate surface area is 148 Å². The molecule has 0 aliphatic carbocycles. The normalized spacial score (nSPS) is 10.5. The van der Waals surface area contributed by atoms with Gasteiger partial charge in [-0.05, 0) is 44.7 Å². The molecule has 0 aliphatic heterocycles. The number of amides is 1. The van der Waals surface area contributed by atoms with E-state index in [1.165, 1.54) is 0 Å². The lowest BCUT2D eigenvalue weighted by molar-refractivity contribution is -0.117. The van der Waals surface area contributed by atoms with Crippen LogP contribution in [0.1, 0.15) is 42.9 Å². The first-order valence-electron chi connectivity index (χ1n) is 8.47. The average molecular weight is 343 g/mol. The van der Waals surface area contributed by atoms with Crippen molar-refractivity contribution in [3.05, 3.63) is 47.2 Å². The van der Waals surface area contributed by atoms with Crippen molar-refractivity contribution < 1.29 is 14.3 Å². The number of nitrogens with zero attached hydrogens (tertiary/aromatic N) is 2. The smallest absolute Gasteiger partial charge is 0.413 e. The molecular weight excluding hydrogens is 318 g/mol. The summed E-state index contributed by atoms with van der Waals surface area (Å²) in [6.07, 6.45) is 3.58. The molecular formula is C19H25N3O3. The summed E-state index contributed by atoms with van der Waals surface area (Å²) in [5, 5.41) is 6.90. The number of aromatic nitrogens is 2. The molecule has 0 saturated heterocycles. The summed E-state index contributed by atoms with van der Waals surface area (Å²) < 4.78 is 7.02. The highest BCUT2D eigenvalue weighted by Gasteiger charge is 2.08. The number of Topliss-reactive ketones (excluding diaryl/α,β-unsaturated/α-hetero) is 1. The minimum atomic E-state index is -0.525. The topological polar surface area (TPSA) is 73.2 Å². The lowest BCUT2D eigenvalue weighted by atomic mass is 10.1. The molecule has 0 unspecified atom stereocenters. The van der Waals surface area contributed by atoms with Crippen LogP contribution in [0.25, 0.3) is 0 Å². The van der Waals surface area contributed by atoms with Crippen LogP contribution in [-0.2, 0) is 22.7 Å². The highest BCUT2D eigenvalue weighted by molar-refractivity contribution is 5.83. The fourth-order valence-electron chi connectivity index (χ4n) is 2.44. The van der Waals surface area contributed by atoms with Gasteiger partial charge < -0.3 is 9.53 Å². The molecule has 134 valence electrons. The van der Waals surface area contributed by atoms with Gasteiger partial charge in [0.15, 0.2) is 5.82 Å². The van der Waals surface area contributed by atoms with Crippen LogP contribution in [0.5, 0.6) is 0 Å². The van der Waals surface area contributed by atoms with E-state index in [1.807, 2.05) is 32.0 Å². The van der Waals surface area contributed by atoms with Gasteiger partial charge in [0.25, 0.3) is 0 Å². The fourth-order valence-corrected chi connectivity index (χ4v) is 2.44. The van der Waals surface area contributed by atoms with E-state index in [0.29, 0.717) is 18.8 Å². The van der Waals surface area contributed by atoms with Crippen molar-refractivity contribution in [3.8, 4) is 0 Å². The third-order valence-electron chi connectivity index (χ3n) is 3.90. The number of anilines is 1. The maximum atomic E-state index is 11.9. The van der Waals surface area contributed by atoms with Gasteiger partial charge in [0.2, 0.25) is 0 Å². The number of benzene rings is 1. The molecule has 25 heavy (non-hydrogen) atoms. The minimum absolute atomic E-state index is 0.203. The number of hydrogen-bond acceptors (Lipinski definition) is 4. The molecule has 6 heteroatoms. The van der Waals surface area contributed by atoms with Crippen LogP contribution in [0.4, 0.5) is 10.6 Å². The zero-order valence-electron chi connectivity index (χ0n) is 15.0. The highest BCUT2D eigenvalue weighted by atomic mass is 16.5. The second-order valence-corrected chi connectivity index (χ2v) is 6.25. The predicted molar refractivity (Wildman–Crippen MR) is 96.5 cm³/mol. The molecule has 2 rings (SSSR count). The van der Waals surface area contributed by atoms with Crippen molar-refractivity contribution in [2.45, 2.75) is 53.2 Å².